The van der Waals surface area contributed by atoms with Crippen molar-refractivity contribution >= 4 is 23.0 Å². The lowest BCUT2D eigenvalue weighted by molar-refractivity contribution is -0.385. The van der Waals surface area contributed by atoms with Gasteiger partial charge in [-0.2, -0.15) is 0 Å². The third kappa shape index (κ3) is 6.35. The van der Waals surface area contributed by atoms with Crippen LogP contribution in [0.2, 0.25) is 0 Å². The number of carbonyl (C=O) groups is 1. The molecule has 6 rings (SSSR count). The van der Waals surface area contributed by atoms with Crippen molar-refractivity contribution in [3.63, 3.8) is 0 Å². The molecule has 0 aliphatic carbocycles. The van der Waals surface area contributed by atoms with Crippen LogP contribution < -0.4 is 9.64 Å². The summed E-state index contributed by atoms with van der Waals surface area (Å²) in [4.78, 5) is 39.7. The predicted octanol–water partition coefficient (Wildman–Crippen LogP) is 7.44. The summed E-state index contributed by atoms with van der Waals surface area (Å²) in [6.45, 7) is 0.967. The summed E-state index contributed by atoms with van der Waals surface area (Å²) < 4.78 is 5.96. The topological polar surface area (TPSA) is 119 Å². The first-order chi connectivity index (χ1) is 21.9. The number of nitrogens with zero attached hydrogens (tertiary/aromatic N) is 4. The van der Waals surface area contributed by atoms with E-state index >= 15 is 0 Å². The summed E-state index contributed by atoms with van der Waals surface area (Å²) >= 11 is 0. The first-order valence-corrected chi connectivity index (χ1v) is 14.3. The lowest BCUT2D eigenvalue weighted by atomic mass is 9.98. The molecule has 10 nitrogen and oxygen atoms in total. The van der Waals surface area contributed by atoms with E-state index in [0.29, 0.717) is 18.0 Å². The molecular weight excluding hydrogens is 572 g/mol. The molecule has 10 heteroatoms. The van der Waals surface area contributed by atoms with E-state index < -0.39 is 16.0 Å². The van der Waals surface area contributed by atoms with Gasteiger partial charge in [0, 0.05) is 37.4 Å². The number of carbonyl (C=O) groups excluding carboxylic acids is 1. The Morgan fingerprint density at radius 2 is 1.18 bits per heavy atom. The third-order valence-electron chi connectivity index (χ3n) is 7.70. The zero-order valence-corrected chi connectivity index (χ0v) is 24.1. The molecule has 0 bridgehead atoms. The van der Waals surface area contributed by atoms with Crippen molar-refractivity contribution in [3.8, 4) is 5.75 Å². The van der Waals surface area contributed by atoms with Crippen LogP contribution in [0.1, 0.15) is 38.8 Å². The van der Waals surface area contributed by atoms with Crippen molar-refractivity contribution in [1.29, 1.82) is 0 Å². The lowest BCUT2D eigenvalue weighted by Gasteiger charge is -2.46. The zero-order valence-electron chi connectivity index (χ0n) is 24.1. The Labute approximate surface area is 259 Å². The molecule has 224 valence electrons. The third-order valence-corrected chi connectivity index (χ3v) is 7.70. The largest absolute Gasteiger partial charge is 0.489 e. The number of nitro groups is 2. The van der Waals surface area contributed by atoms with E-state index in [1.807, 2.05) is 84.9 Å². The minimum atomic E-state index is -0.532. The van der Waals surface area contributed by atoms with E-state index in [4.69, 9.17) is 4.74 Å². The molecule has 5 aromatic rings. The van der Waals surface area contributed by atoms with Crippen molar-refractivity contribution in [3.05, 3.63) is 175 Å². The van der Waals surface area contributed by atoms with Crippen molar-refractivity contribution < 1.29 is 19.4 Å². The molecule has 0 radical (unpaired) electrons. The number of anilines is 1. The molecule has 0 N–H and O–H groups in total. The Hall–Kier alpha value is -6.03. The minimum absolute atomic E-state index is 0.0152. The molecule has 1 amide bonds. The number of benzene rings is 5. The smallest absolute Gasteiger partial charge is 0.270 e. The van der Waals surface area contributed by atoms with Gasteiger partial charge in [-0.15, -0.1) is 0 Å². The maximum Gasteiger partial charge on any atom is 0.270 e. The van der Waals surface area contributed by atoms with Crippen LogP contribution in [0.4, 0.5) is 17.1 Å². The number of hydrogen-bond acceptors (Lipinski definition) is 7. The van der Waals surface area contributed by atoms with Crippen LogP contribution in [0.3, 0.4) is 0 Å². The summed E-state index contributed by atoms with van der Waals surface area (Å²) in [5.41, 5.74) is 4.32. The Kier molecular flexibility index (Phi) is 8.19. The summed E-state index contributed by atoms with van der Waals surface area (Å²) in [5, 5.41) is 22.6. The molecule has 1 heterocycles. The van der Waals surface area contributed by atoms with Crippen molar-refractivity contribution in [2.24, 2.45) is 0 Å². The molecule has 1 atom stereocenters. The van der Waals surface area contributed by atoms with Crippen LogP contribution in [0.5, 0.6) is 5.75 Å². The van der Waals surface area contributed by atoms with Crippen LogP contribution in [0, 0.1) is 20.2 Å². The summed E-state index contributed by atoms with van der Waals surface area (Å²) in [6.07, 6.45) is -0.532. The molecule has 0 saturated carbocycles. The number of hydrogen-bond donors (Lipinski definition) is 0. The summed E-state index contributed by atoms with van der Waals surface area (Å²) in [5.74, 6) is 0.296. The number of non-ortho nitro benzene ring substituents is 2. The highest BCUT2D eigenvalue weighted by Gasteiger charge is 2.39. The molecule has 0 saturated heterocycles. The molecule has 0 aromatic heterocycles. The van der Waals surface area contributed by atoms with Gasteiger partial charge in [0.1, 0.15) is 18.5 Å². The molecule has 5 aromatic carbocycles. The molecule has 0 fully saturated rings. The minimum Gasteiger partial charge on any atom is -0.489 e. The van der Waals surface area contributed by atoms with Gasteiger partial charge < -0.3 is 14.5 Å². The van der Waals surface area contributed by atoms with Gasteiger partial charge >= 0.3 is 0 Å². The second kappa shape index (κ2) is 12.7. The highest BCUT2D eigenvalue weighted by Crippen LogP contribution is 2.42. The van der Waals surface area contributed by atoms with Crippen molar-refractivity contribution in [2.75, 3.05) is 4.90 Å². The van der Waals surface area contributed by atoms with Gasteiger partial charge in [-0.3, -0.25) is 25.0 Å². The average Bonchev–Trinajstić information content (AvgIpc) is 3.07. The molecule has 1 unspecified atom stereocenters. The van der Waals surface area contributed by atoms with E-state index in [-0.39, 0.29) is 36.0 Å². The Bertz CT molecular complexity index is 1830. The molecule has 1 aliphatic rings. The molecular formula is C35H28N4O6. The second-order valence-corrected chi connectivity index (χ2v) is 10.6. The lowest BCUT2D eigenvalue weighted by Crippen LogP contribution is -2.48. The van der Waals surface area contributed by atoms with Gasteiger partial charge in [0.05, 0.1) is 21.1 Å². The van der Waals surface area contributed by atoms with Crippen LogP contribution in [-0.2, 0) is 19.7 Å². The monoisotopic (exact) mass is 600 g/mol. The number of ether oxygens (including phenoxy) is 1. The number of fused-ring (bicyclic) bond motifs is 1. The standard InChI is InChI=1S/C35H28N4O6/c40-35-32-21-30(39(43)44)17-20-33(32)36(22-25-7-3-1-4-8-25)34(37(35)23-26-9-5-2-6-10-26)28-13-18-31(19-14-28)45-24-27-11-15-29(16-12-27)38(41)42/h1-21,34H,22-24H2. The van der Waals surface area contributed by atoms with Gasteiger partial charge in [0.2, 0.25) is 0 Å². The van der Waals surface area contributed by atoms with E-state index in [9.17, 15) is 25.0 Å². The Balaban J connectivity index is 1.37. The predicted molar refractivity (Wildman–Crippen MR) is 169 cm³/mol. The second-order valence-electron chi connectivity index (χ2n) is 10.6. The van der Waals surface area contributed by atoms with E-state index in [1.165, 1.54) is 24.3 Å². The number of nitro benzene ring substituents is 2. The van der Waals surface area contributed by atoms with E-state index in [2.05, 4.69) is 4.90 Å². The first-order valence-electron chi connectivity index (χ1n) is 14.3. The Morgan fingerprint density at radius 3 is 1.76 bits per heavy atom. The fourth-order valence-corrected chi connectivity index (χ4v) is 5.49. The fraction of sp³-hybridized carbons (Fsp3) is 0.114. The zero-order chi connectivity index (χ0) is 31.3. The van der Waals surface area contributed by atoms with Crippen LogP contribution in [0.15, 0.2) is 127 Å². The Morgan fingerprint density at radius 1 is 0.622 bits per heavy atom. The van der Waals surface area contributed by atoms with Crippen LogP contribution in [-0.4, -0.2) is 20.7 Å². The quantitative estimate of drug-likeness (QED) is 0.121. The van der Waals surface area contributed by atoms with Gasteiger partial charge in [0.25, 0.3) is 17.3 Å². The average molecular weight is 601 g/mol. The highest BCUT2D eigenvalue weighted by molar-refractivity contribution is 6.02. The van der Waals surface area contributed by atoms with Gasteiger partial charge in [-0.05, 0) is 52.6 Å². The van der Waals surface area contributed by atoms with E-state index in [0.717, 1.165) is 22.3 Å². The summed E-state index contributed by atoms with van der Waals surface area (Å²) in [6, 6.07) is 37.6. The van der Waals surface area contributed by atoms with Crippen molar-refractivity contribution in [1.82, 2.24) is 4.90 Å². The van der Waals surface area contributed by atoms with Crippen molar-refractivity contribution in [2.45, 2.75) is 25.9 Å². The van der Waals surface area contributed by atoms with Gasteiger partial charge in [0.15, 0.2) is 0 Å². The molecule has 45 heavy (non-hydrogen) atoms. The SMILES string of the molecule is O=C1c2cc([N+](=O)[O-])ccc2N(Cc2ccccc2)C(c2ccc(OCc3ccc([N+](=O)[O-])cc3)cc2)N1Cc1ccccc1. The molecule has 1 aliphatic heterocycles. The van der Waals surface area contributed by atoms with Gasteiger partial charge in [-0.25, -0.2) is 0 Å². The number of amides is 1. The van der Waals surface area contributed by atoms with Gasteiger partial charge in [-0.1, -0.05) is 72.8 Å². The maximum atomic E-state index is 14.2. The number of rotatable bonds is 10. The highest BCUT2D eigenvalue weighted by atomic mass is 16.6. The maximum absolute atomic E-state index is 14.2. The van der Waals surface area contributed by atoms with Crippen LogP contribution >= 0.6 is 0 Å². The normalized spacial score (nSPS) is 14.1. The fourth-order valence-electron chi connectivity index (χ4n) is 5.49. The van der Waals surface area contributed by atoms with E-state index in [1.54, 1.807) is 23.1 Å². The van der Waals surface area contributed by atoms with Crippen LogP contribution in [0.25, 0.3) is 0 Å². The first kappa shape index (κ1) is 29.1. The summed E-state index contributed by atoms with van der Waals surface area (Å²) in [7, 11) is 0. The molecule has 0 spiro atoms.